The van der Waals surface area contributed by atoms with Crippen molar-refractivity contribution in [3.05, 3.63) is 29.3 Å². The summed E-state index contributed by atoms with van der Waals surface area (Å²) >= 11 is 0. The van der Waals surface area contributed by atoms with E-state index in [4.69, 9.17) is 0 Å². The molecule has 1 aromatic carbocycles. The zero-order valence-electron chi connectivity index (χ0n) is 11.8. The van der Waals surface area contributed by atoms with Crippen LogP contribution in [-0.2, 0) is 0 Å². The highest BCUT2D eigenvalue weighted by molar-refractivity contribution is 5.96. The molecule has 0 aliphatic heterocycles. The van der Waals surface area contributed by atoms with Crippen LogP contribution in [0.3, 0.4) is 0 Å². The maximum atomic E-state index is 12.2. The lowest BCUT2D eigenvalue weighted by Gasteiger charge is -2.28. The largest absolute Gasteiger partial charge is 0.508 e. The molecule has 1 atom stereocenters. The van der Waals surface area contributed by atoms with E-state index in [0.717, 1.165) is 0 Å². The van der Waals surface area contributed by atoms with Crippen LogP contribution in [0.4, 0.5) is 0 Å². The zero-order valence-corrected chi connectivity index (χ0v) is 11.8. The fourth-order valence-corrected chi connectivity index (χ4v) is 2.91. The number of benzene rings is 1. The van der Waals surface area contributed by atoms with Crippen LogP contribution in [0.1, 0.15) is 54.9 Å². The van der Waals surface area contributed by atoms with Gasteiger partial charge >= 0.3 is 0 Å². The van der Waals surface area contributed by atoms with Crippen LogP contribution in [0.2, 0.25) is 0 Å². The highest BCUT2D eigenvalue weighted by atomic mass is 16.3. The molecule has 0 aromatic heterocycles. The molecular formula is C16H23NO2. The predicted octanol–water partition coefficient (Wildman–Crippen LogP) is 3.40. The van der Waals surface area contributed by atoms with Crippen molar-refractivity contribution in [2.24, 2.45) is 5.92 Å². The number of phenolic OH excluding ortho intramolecular Hbond substituents is 1. The third-order valence-electron chi connectivity index (χ3n) is 4.27. The fourth-order valence-electron chi connectivity index (χ4n) is 2.91. The van der Waals surface area contributed by atoms with Crippen LogP contribution >= 0.6 is 0 Å². The van der Waals surface area contributed by atoms with Gasteiger partial charge in [0.2, 0.25) is 0 Å². The zero-order chi connectivity index (χ0) is 13.8. The van der Waals surface area contributed by atoms with Gasteiger partial charge in [-0.15, -0.1) is 0 Å². The minimum Gasteiger partial charge on any atom is -0.508 e. The Morgan fingerprint density at radius 1 is 1.32 bits per heavy atom. The number of carbonyl (C=O) groups is 1. The maximum Gasteiger partial charge on any atom is 0.251 e. The van der Waals surface area contributed by atoms with Crippen LogP contribution in [0.25, 0.3) is 0 Å². The van der Waals surface area contributed by atoms with Gasteiger partial charge in [0.25, 0.3) is 5.91 Å². The van der Waals surface area contributed by atoms with Gasteiger partial charge in [-0.2, -0.15) is 0 Å². The quantitative estimate of drug-likeness (QED) is 0.876. The Balaban J connectivity index is 2.02. The molecule has 1 amide bonds. The number of hydrogen-bond donors (Lipinski definition) is 2. The number of hydrogen-bond acceptors (Lipinski definition) is 2. The molecule has 1 saturated carbocycles. The molecule has 2 N–H and O–H groups in total. The first kappa shape index (κ1) is 13.9. The van der Waals surface area contributed by atoms with Crippen molar-refractivity contribution in [1.82, 2.24) is 5.32 Å². The van der Waals surface area contributed by atoms with Crippen LogP contribution in [0.5, 0.6) is 5.75 Å². The minimum absolute atomic E-state index is 0.0773. The van der Waals surface area contributed by atoms with E-state index in [9.17, 15) is 9.90 Å². The lowest BCUT2D eigenvalue weighted by Crippen LogP contribution is -2.39. The average Bonchev–Trinajstić information content (AvgIpc) is 2.42. The van der Waals surface area contributed by atoms with Crippen molar-refractivity contribution in [1.29, 1.82) is 0 Å². The molecule has 0 saturated heterocycles. The Bertz CT molecular complexity index is 450. The van der Waals surface area contributed by atoms with Crippen molar-refractivity contribution in [3.63, 3.8) is 0 Å². The summed E-state index contributed by atoms with van der Waals surface area (Å²) in [6.45, 7) is 3.86. The molecule has 0 radical (unpaired) electrons. The summed E-state index contributed by atoms with van der Waals surface area (Å²) in [5, 5.41) is 12.7. The molecule has 3 nitrogen and oxygen atoms in total. The molecule has 0 spiro atoms. The maximum absolute atomic E-state index is 12.2. The average molecular weight is 261 g/mol. The number of nitrogens with one attached hydrogen (secondary N) is 1. The lowest BCUT2D eigenvalue weighted by molar-refractivity contribution is 0.0918. The second kappa shape index (κ2) is 6.09. The predicted molar refractivity (Wildman–Crippen MR) is 76.3 cm³/mol. The van der Waals surface area contributed by atoms with Crippen molar-refractivity contribution in [3.8, 4) is 5.75 Å². The highest BCUT2D eigenvalue weighted by Gasteiger charge is 2.22. The van der Waals surface area contributed by atoms with E-state index >= 15 is 0 Å². The van der Waals surface area contributed by atoms with Gasteiger partial charge in [0.15, 0.2) is 0 Å². The third kappa shape index (κ3) is 3.28. The molecule has 1 aliphatic rings. The Labute approximate surface area is 115 Å². The number of aromatic hydroxyl groups is 1. The van der Waals surface area contributed by atoms with Gasteiger partial charge < -0.3 is 10.4 Å². The first-order valence-electron chi connectivity index (χ1n) is 7.19. The van der Waals surface area contributed by atoms with Crippen molar-refractivity contribution >= 4 is 5.91 Å². The van der Waals surface area contributed by atoms with Crippen LogP contribution < -0.4 is 5.32 Å². The lowest BCUT2D eigenvalue weighted by atomic mass is 9.84. The van der Waals surface area contributed by atoms with Gasteiger partial charge in [-0.3, -0.25) is 4.79 Å². The summed E-state index contributed by atoms with van der Waals surface area (Å²) in [4.78, 5) is 12.2. The monoisotopic (exact) mass is 261 g/mol. The molecule has 0 heterocycles. The number of rotatable bonds is 3. The summed E-state index contributed by atoms with van der Waals surface area (Å²) in [5.41, 5.74) is 1.22. The van der Waals surface area contributed by atoms with E-state index in [-0.39, 0.29) is 17.7 Å². The first-order valence-corrected chi connectivity index (χ1v) is 7.19. The summed E-state index contributed by atoms with van der Waals surface area (Å²) < 4.78 is 0. The summed E-state index contributed by atoms with van der Waals surface area (Å²) in [6, 6.07) is 5.28. The number of amides is 1. The molecule has 104 valence electrons. The standard InChI is InChI=1S/C16H23NO2/c1-11-14(9-6-10-15(11)18)16(19)17-12(2)13-7-4-3-5-8-13/h6,9-10,12-13,18H,3-5,7-8H2,1-2H3,(H,17,19). The summed E-state index contributed by atoms with van der Waals surface area (Å²) in [6.07, 6.45) is 6.29. The van der Waals surface area contributed by atoms with Crippen LogP contribution in [0.15, 0.2) is 18.2 Å². The normalized spacial score (nSPS) is 18.0. The van der Waals surface area contributed by atoms with E-state index in [0.29, 0.717) is 17.0 Å². The molecule has 3 heteroatoms. The van der Waals surface area contributed by atoms with Gasteiger partial charge in [-0.1, -0.05) is 25.3 Å². The second-order valence-corrected chi connectivity index (χ2v) is 5.61. The van der Waals surface area contributed by atoms with Crippen LogP contribution in [-0.4, -0.2) is 17.1 Å². The van der Waals surface area contributed by atoms with Crippen molar-refractivity contribution in [2.75, 3.05) is 0 Å². The fraction of sp³-hybridized carbons (Fsp3) is 0.562. The molecule has 0 bridgehead atoms. The van der Waals surface area contributed by atoms with E-state index in [2.05, 4.69) is 12.2 Å². The van der Waals surface area contributed by atoms with E-state index in [1.807, 2.05) is 0 Å². The molecule has 1 fully saturated rings. The van der Waals surface area contributed by atoms with Crippen molar-refractivity contribution in [2.45, 2.75) is 52.0 Å². The molecular weight excluding hydrogens is 238 g/mol. The number of phenols is 1. The van der Waals surface area contributed by atoms with E-state index in [1.165, 1.54) is 32.1 Å². The van der Waals surface area contributed by atoms with Gasteiger partial charge in [0.1, 0.15) is 5.75 Å². The molecule has 1 aromatic rings. The third-order valence-corrected chi connectivity index (χ3v) is 4.27. The van der Waals surface area contributed by atoms with Crippen LogP contribution in [0, 0.1) is 12.8 Å². The molecule has 19 heavy (non-hydrogen) atoms. The topological polar surface area (TPSA) is 49.3 Å². The van der Waals surface area contributed by atoms with Gasteiger partial charge in [-0.25, -0.2) is 0 Å². The Morgan fingerprint density at radius 2 is 2.00 bits per heavy atom. The van der Waals surface area contributed by atoms with Gasteiger partial charge in [-0.05, 0) is 44.7 Å². The molecule has 1 unspecified atom stereocenters. The van der Waals surface area contributed by atoms with Gasteiger partial charge in [0.05, 0.1) is 0 Å². The SMILES string of the molecule is Cc1c(O)cccc1C(=O)NC(C)C1CCCCC1. The minimum atomic E-state index is -0.0773. The highest BCUT2D eigenvalue weighted by Crippen LogP contribution is 2.27. The van der Waals surface area contributed by atoms with E-state index < -0.39 is 0 Å². The second-order valence-electron chi connectivity index (χ2n) is 5.61. The molecule has 1 aliphatic carbocycles. The van der Waals surface area contributed by atoms with E-state index in [1.54, 1.807) is 25.1 Å². The van der Waals surface area contributed by atoms with Crippen molar-refractivity contribution < 1.29 is 9.90 Å². The first-order chi connectivity index (χ1) is 9.09. The Morgan fingerprint density at radius 3 is 2.68 bits per heavy atom. The number of carbonyl (C=O) groups excluding carboxylic acids is 1. The molecule has 2 rings (SSSR count). The summed E-state index contributed by atoms with van der Waals surface area (Å²) in [7, 11) is 0. The van der Waals surface area contributed by atoms with Gasteiger partial charge in [0, 0.05) is 17.2 Å². The smallest absolute Gasteiger partial charge is 0.251 e. The Kier molecular flexibility index (Phi) is 4.46. The Hall–Kier alpha value is -1.51. The summed E-state index contributed by atoms with van der Waals surface area (Å²) in [5.74, 6) is 0.694.